The van der Waals surface area contributed by atoms with Crippen LogP contribution in [0.25, 0.3) is 0 Å². The van der Waals surface area contributed by atoms with E-state index in [1.165, 1.54) is 39.9 Å². The van der Waals surface area contributed by atoms with Crippen molar-refractivity contribution in [3.05, 3.63) is 58.7 Å². The first-order valence-corrected chi connectivity index (χ1v) is 13.4. The summed E-state index contributed by atoms with van der Waals surface area (Å²) in [5.41, 5.74) is -2.35. The molecule has 0 spiro atoms. The van der Waals surface area contributed by atoms with Crippen LogP contribution in [0, 0.1) is 22.7 Å². The van der Waals surface area contributed by atoms with E-state index in [0.717, 1.165) is 24.3 Å². The molecule has 8 nitrogen and oxygen atoms in total. The molecule has 2 unspecified atom stereocenters. The Balaban J connectivity index is 0.000000442. The van der Waals surface area contributed by atoms with Gasteiger partial charge < -0.3 is 19.6 Å². The molecule has 0 bridgehead atoms. The fourth-order valence-electron chi connectivity index (χ4n) is 4.30. The van der Waals surface area contributed by atoms with Crippen molar-refractivity contribution in [2.75, 3.05) is 51.6 Å². The van der Waals surface area contributed by atoms with Crippen LogP contribution in [0.2, 0.25) is 0 Å². The molecule has 0 radical (unpaired) electrons. The molecular formula is C30H36F6N6O2. The summed E-state index contributed by atoms with van der Waals surface area (Å²) in [6, 6.07) is 8.84. The lowest BCUT2D eigenvalue weighted by molar-refractivity contribution is -0.138. The van der Waals surface area contributed by atoms with Gasteiger partial charge in [-0.1, -0.05) is 6.92 Å². The van der Waals surface area contributed by atoms with E-state index in [-0.39, 0.29) is 23.2 Å². The second kappa shape index (κ2) is 15.3. The van der Waals surface area contributed by atoms with Gasteiger partial charge in [0.05, 0.1) is 34.4 Å². The highest BCUT2D eigenvalue weighted by molar-refractivity contribution is 5.85. The molecular weight excluding hydrogens is 590 g/mol. The molecule has 0 saturated carbocycles. The minimum absolute atomic E-state index is 0.174. The first-order valence-electron chi connectivity index (χ1n) is 13.4. The van der Waals surface area contributed by atoms with Crippen LogP contribution in [0.5, 0.6) is 0 Å². The first kappa shape index (κ1) is 37.6. The SMILES string of the molecule is CC(C(=O)N(C)C)N(C)c1ccc(C#N)c(C(F)(F)F)c1.CCC(C(=O)N(C)C)N(CC)c1ccc(C#N)c(C(F)(F)F)c1. The highest BCUT2D eigenvalue weighted by atomic mass is 19.4. The summed E-state index contributed by atoms with van der Waals surface area (Å²) < 4.78 is 78.1. The molecule has 0 aliphatic rings. The van der Waals surface area contributed by atoms with Crippen LogP contribution in [0.3, 0.4) is 0 Å². The lowest BCUT2D eigenvalue weighted by Gasteiger charge is -2.33. The van der Waals surface area contributed by atoms with E-state index in [9.17, 15) is 35.9 Å². The molecule has 240 valence electrons. The molecule has 0 aliphatic heterocycles. The van der Waals surface area contributed by atoms with Gasteiger partial charge in [-0.25, -0.2) is 0 Å². The Labute approximate surface area is 253 Å². The van der Waals surface area contributed by atoms with Gasteiger partial charge in [-0.2, -0.15) is 36.9 Å². The number of nitriles is 2. The molecule has 2 atom stereocenters. The Hall–Kier alpha value is -4.46. The molecule has 2 aromatic carbocycles. The van der Waals surface area contributed by atoms with Crippen molar-refractivity contribution >= 4 is 23.2 Å². The minimum Gasteiger partial charge on any atom is -0.363 e. The normalized spacial score (nSPS) is 12.5. The van der Waals surface area contributed by atoms with E-state index < -0.39 is 46.7 Å². The van der Waals surface area contributed by atoms with Crippen LogP contribution in [0.15, 0.2) is 36.4 Å². The summed E-state index contributed by atoms with van der Waals surface area (Å²) in [6.45, 7) is 5.56. The average Bonchev–Trinajstić information content (AvgIpc) is 2.96. The number of amides is 2. The zero-order valence-corrected chi connectivity index (χ0v) is 25.8. The van der Waals surface area contributed by atoms with Gasteiger partial charge in [0.15, 0.2) is 0 Å². The summed E-state index contributed by atoms with van der Waals surface area (Å²) in [6.07, 6.45) is -8.77. The van der Waals surface area contributed by atoms with E-state index in [4.69, 9.17) is 10.5 Å². The smallest absolute Gasteiger partial charge is 0.363 e. The van der Waals surface area contributed by atoms with Crippen LogP contribution in [0.1, 0.15) is 49.4 Å². The summed E-state index contributed by atoms with van der Waals surface area (Å²) >= 11 is 0. The molecule has 0 N–H and O–H groups in total. The number of anilines is 2. The van der Waals surface area contributed by atoms with Crippen molar-refractivity contribution in [1.29, 1.82) is 10.5 Å². The quantitative estimate of drug-likeness (QED) is 0.346. The van der Waals surface area contributed by atoms with Gasteiger partial charge in [0.25, 0.3) is 0 Å². The number of rotatable bonds is 8. The van der Waals surface area contributed by atoms with Crippen LogP contribution in [-0.2, 0) is 21.9 Å². The Morgan fingerprint density at radius 3 is 1.50 bits per heavy atom. The number of alkyl halides is 6. The van der Waals surface area contributed by atoms with Gasteiger partial charge in [0, 0.05) is 53.2 Å². The average molecular weight is 627 g/mol. The Morgan fingerprint density at radius 2 is 1.16 bits per heavy atom. The number of benzene rings is 2. The van der Waals surface area contributed by atoms with Gasteiger partial charge in [-0.05, 0) is 56.7 Å². The van der Waals surface area contributed by atoms with Gasteiger partial charge in [-0.15, -0.1) is 0 Å². The molecule has 0 heterocycles. The lowest BCUT2D eigenvalue weighted by Crippen LogP contribution is -2.46. The highest BCUT2D eigenvalue weighted by Crippen LogP contribution is 2.36. The van der Waals surface area contributed by atoms with E-state index in [2.05, 4.69) is 0 Å². The second-order valence-electron chi connectivity index (χ2n) is 10.1. The maximum absolute atomic E-state index is 13.1. The third-order valence-electron chi connectivity index (χ3n) is 6.81. The molecule has 0 fully saturated rings. The van der Waals surface area contributed by atoms with E-state index >= 15 is 0 Å². The topological polar surface area (TPSA) is 94.7 Å². The Kier molecular flexibility index (Phi) is 13.1. The number of nitrogens with zero attached hydrogens (tertiary/aromatic N) is 6. The standard InChI is InChI=1S/C16H20F3N3O.C14H16F3N3O/c1-5-14(15(23)21(3)4)22(6-2)12-8-7-11(10-20)13(9-12)16(17,18)19;1-9(13(21)19(2)3)20(4)11-6-5-10(8-18)12(7-11)14(15,16)17/h7-9,14H,5-6H2,1-4H3;5-7,9H,1-4H3. The summed E-state index contributed by atoms with van der Waals surface area (Å²) in [7, 11) is 7.91. The van der Waals surface area contributed by atoms with Crippen molar-refractivity contribution in [3.8, 4) is 12.1 Å². The molecule has 2 rings (SSSR count). The number of halogens is 6. The Bertz CT molecular complexity index is 1390. The highest BCUT2D eigenvalue weighted by Gasteiger charge is 2.36. The Morgan fingerprint density at radius 1 is 0.750 bits per heavy atom. The number of carbonyl (C=O) groups is 2. The monoisotopic (exact) mass is 626 g/mol. The predicted molar refractivity (Wildman–Crippen MR) is 155 cm³/mol. The molecule has 0 aliphatic carbocycles. The summed E-state index contributed by atoms with van der Waals surface area (Å²) in [5, 5.41) is 17.6. The van der Waals surface area contributed by atoms with Crippen LogP contribution >= 0.6 is 0 Å². The van der Waals surface area contributed by atoms with Crippen molar-refractivity contribution in [3.63, 3.8) is 0 Å². The van der Waals surface area contributed by atoms with E-state index in [1.807, 2.05) is 6.92 Å². The van der Waals surface area contributed by atoms with Gasteiger partial charge >= 0.3 is 12.4 Å². The van der Waals surface area contributed by atoms with Crippen molar-refractivity contribution in [2.45, 2.75) is 51.6 Å². The summed E-state index contributed by atoms with van der Waals surface area (Å²) in [5.74, 6) is -0.400. The van der Waals surface area contributed by atoms with E-state index in [0.29, 0.717) is 13.0 Å². The molecule has 0 saturated heterocycles. The first-order chi connectivity index (χ1) is 20.3. The molecule has 2 aromatic rings. The number of carbonyl (C=O) groups excluding carboxylic acids is 2. The van der Waals surface area contributed by atoms with Crippen molar-refractivity contribution < 1.29 is 35.9 Å². The molecule has 2 amide bonds. The fourth-order valence-corrected chi connectivity index (χ4v) is 4.30. The number of likely N-dealkylation sites (N-methyl/N-ethyl adjacent to an activating group) is 4. The van der Waals surface area contributed by atoms with Crippen LogP contribution in [0.4, 0.5) is 37.7 Å². The van der Waals surface area contributed by atoms with E-state index in [1.54, 1.807) is 53.0 Å². The second-order valence-corrected chi connectivity index (χ2v) is 10.1. The van der Waals surface area contributed by atoms with Crippen LogP contribution in [-0.4, -0.2) is 75.5 Å². The zero-order chi connectivity index (χ0) is 34.2. The fraction of sp³-hybridized carbons (Fsp3) is 0.467. The third kappa shape index (κ3) is 9.27. The zero-order valence-electron chi connectivity index (χ0n) is 25.8. The maximum Gasteiger partial charge on any atom is 0.417 e. The number of hydrogen-bond acceptors (Lipinski definition) is 6. The molecule has 0 aromatic heterocycles. The van der Waals surface area contributed by atoms with Gasteiger partial charge in [-0.3, -0.25) is 9.59 Å². The predicted octanol–water partition coefficient (Wildman–Crippen LogP) is 5.76. The number of hydrogen-bond donors (Lipinski definition) is 0. The molecule has 44 heavy (non-hydrogen) atoms. The van der Waals surface area contributed by atoms with Crippen LogP contribution < -0.4 is 9.80 Å². The maximum atomic E-state index is 13.1. The van der Waals surface area contributed by atoms with Crippen molar-refractivity contribution in [2.24, 2.45) is 0 Å². The largest absolute Gasteiger partial charge is 0.417 e. The van der Waals surface area contributed by atoms with Gasteiger partial charge in [0.1, 0.15) is 12.1 Å². The minimum atomic E-state index is -4.62. The van der Waals surface area contributed by atoms with Crippen molar-refractivity contribution in [1.82, 2.24) is 9.80 Å². The summed E-state index contributed by atoms with van der Waals surface area (Å²) in [4.78, 5) is 30.0. The van der Waals surface area contributed by atoms with Gasteiger partial charge in [0.2, 0.25) is 11.8 Å². The molecule has 14 heteroatoms. The lowest BCUT2D eigenvalue weighted by atomic mass is 10.0. The third-order valence-corrected chi connectivity index (χ3v) is 6.81.